The number of rotatable bonds is 6. The Kier molecular flexibility index (Phi) is 6.43. The Hall–Kier alpha value is -2.92. The van der Waals surface area contributed by atoms with Crippen molar-refractivity contribution in [2.75, 3.05) is 0 Å². The van der Waals surface area contributed by atoms with E-state index < -0.39 is 11.8 Å². The van der Waals surface area contributed by atoms with Crippen LogP contribution >= 0.6 is 0 Å². The Morgan fingerprint density at radius 2 is 1.74 bits per heavy atom. The lowest BCUT2D eigenvalue weighted by Crippen LogP contribution is -2.46. The Bertz CT molecular complexity index is 1050. The molecule has 1 amide bonds. The van der Waals surface area contributed by atoms with Crippen molar-refractivity contribution in [2.45, 2.75) is 81.1 Å². The van der Waals surface area contributed by atoms with E-state index in [-0.39, 0.29) is 29.0 Å². The smallest absolute Gasteiger partial charge is 0.376 e. The molecule has 8 heteroatoms. The molecule has 0 radical (unpaired) electrons. The number of pyridine rings is 1. The predicted octanol–water partition coefficient (Wildman–Crippen LogP) is 5.25. The van der Waals surface area contributed by atoms with Gasteiger partial charge in [0.25, 0.3) is 5.91 Å². The highest BCUT2D eigenvalue weighted by Gasteiger charge is 2.51. The summed E-state index contributed by atoms with van der Waals surface area (Å²) in [4.78, 5) is 19.8. The number of carbonyl (C=O) groups excluding carboxylic acids is 1. The molecule has 0 saturated heterocycles. The Labute approximate surface area is 197 Å². The van der Waals surface area contributed by atoms with Crippen LogP contribution in [0.25, 0.3) is 0 Å². The minimum absolute atomic E-state index is 0.00786. The van der Waals surface area contributed by atoms with Crippen molar-refractivity contribution in [3.8, 4) is 6.07 Å². The number of nitrogens with zero attached hydrogens (tertiary/aromatic N) is 3. The van der Waals surface area contributed by atoms with Crippen LogP contribution in [0, 0.1) is 11.3 Å². The number of alkyl halides is 3. The molecule has 2 saturated carbocycles. The van der Waals surface area contributed by atoms with Crippen molar-refractivity contribution in [1.82, 2.24) is 9.88 Å². The van der Waals surface area contributed by atoms with Gasteiger partial charge in [-0.2, -0.15) is 18.4 Å². The normalized spacial score (nSPS) is 24.6. The van der Waals surface area contributed by atoms with Gasteiger partial charge in [-0.25, -0.2) is 0 Å². The maximum Gasteiger partial charge on any atom is 0.421 e. The van der Waals surface area contributed by atoms with Crippen molar-refractivity contribution in [1.29, 1.82) is 5.26 Å². The standard InChI is InChI=1S/C26H28F3N3O2/c1-24(34,26(27,28)29)19-7-5-18(6-8-19)23(33)32(20-9-10-20)21-11-13-25(14-12-21,15-16-30)22-4-2-3-17-31-22/h2-8,17,20-21,34H,9-15H2,1H3/t21-,24-,25+/m0/s1. The van der Waals surface area contributed by atoms with Gasteiger partial charge in [0.2, 0.25) is 0 Å². The quantitative estimate of drug-likeness (QED) is 0.624. The van der Waals surface area contributed by atoms with Crippen LogP contribution in [0.3, 0.4) is 0 Å². The van der Waals surface area contributed by atoms with Crippen molar-refractivity contribution in [3.05, 3.63) is 65.5 Å². The van der Waals surface area contributed by atoms with Crippen molar-refractivity contribution in [2.24, 2.45) is 0 Å². The Balaban J connectivity index is 1.51. The third kappa shape index (κ3) is 4.54. The molecule has 1 aromatic carbocycles. The molecule has 1 aromatic heterocycles. The zero-order valence-corrected chi connectivity index (χ0v) is 19.1. The molecule has 1 heterocycles. The number of aliphatic hydroxyl groups is 1. The van der Waals surface area contributed by atoms with Gasteiger partial charge in [0.15, 0.2) is 5.60 Å². The fourth-order valence-corrected chi connectivity index (χ4v) is 5.02. The van der Waals surface area contributed by atoms with Gasteiger partial charge in [-0.3, -0.25) is 9.78 Å². The largest absolute Gasteiger partial charge is 0.421 e. The molecular formula is C26H28F3N3O2. The second kappa shape index (κ2) is 9.03. The minimum Gasteiger partial charge on any atom is -0.376 e. The van der Waals surface area contributed by atoms with Gasteiger partial charge in [-0.15, -0.1) is 0 Å². The van der Waals surface area contributed by atoms with E-state index in [0.29, 0.717) is 18.9 Å². The second-order valence-corrected chi connectivity index (χ2v) is 9.65. The van der Waals surface area contributed by atoms with Crippen LogP contribution in [0.2, 0.25) is 0 Å². The first kappa shape index (κ1) is 24.2. The molecule has 5 nitrogen and oxygen atoms in total. The Morgan fingerprint density at radius 3 is 2.24 bits per heavy atom. The van der Waals surface area contributed by atoms with E-state index >= 15 is 0 Å². The van der Waals surface area contributed by atoms with Gasteiger partial charge in [0.1, 0.15) is 0 Å². The molecule has 34 heavy (non-hydrogen) atoms. The van der Waals surface area contributed by atoms with E-state index in [1.807, 2.05) is 23.1 Å². The van der Waals surface area contributed by atoms with Crippen molar-refractivity contribution in [3.63, 3.8) is 0 Å². The molecule has 2 aromatic rings. The Morgan fingerprint density at radius 1 is 1.12 bits per heavy atom. The van der Waals surface area contributed by atoms with Crippen LogP contribution in [0.1, 0.15) is 73.5 Å². The summed E-state index contributed by atoms with van der Waals surface area (Å²) in [6.07, 6.45) is 2.07. The number of amides is 1. The lowest BCUT2D eigenvalue weighted by atomic mass is 9.68. The van der Waals surface area contributed by atoms with Crippen LogP contribution in [-0.2, 0) is 11.0 Å². The summed E-state index contributed by atoms with van der Waals surface area (Å²) >= 11 is 0. The zero-order valence-electron chi connectivity index (χ0n) is 19.1. The molecule has 2 aliphatic rings. The van der Waals surface area contributed by atoms with Crippen LogP contribution < -0.4 is 0 Å². The predicted molar refractivity (Wildman–Crippen MR) is 120 cm³/mol. The monoisotopic (exact) mass is 471 g/mol. The molecule has 0 spiro atoms. The van der Waals surface area contributed by atoms with Gasteiger partial charge < -0.3 is 10.0 Å². The van der Waals surface area contributed by atoms with Crippen molar-refractivity contribution < 1.29 is 23.1 Å². The third-order valence-electron chi connectivity index (χ3n) is 7.35. The fourth-order valence-electron chi connectivity index (χ4n) is 5.02. The first-order valence-corrected chi connectivity index (χ1v) is 11.6. The molecule has 0 bridgehead atoms. The second-order valence-electron chi connectivity index (χ2n) is 9.65. The molecule has 2 fully saturated rings. The molecule has 4 rings (SSSR count). The van der Waals surface area contributed by atoms with Gasteiger partial charge >= 0.3 is 6.18 Å². The van der Waals surface area contributed by atoms with Crippen LogP contribution in [0.15, 0.2) is 48.7 Å². The minimum atomic E-state index is -4.82. The van der Waals surface area contributed by atoms with Crippen LogP contribution in [-0.4, -0.2) is 39.2 Å². The first-order chi connectivity index (χ1) is 16.1. The summed E-state index contributed by atoms with van der Waals surface area (Å²) in [5, 5.41) is 19.4. The first-order valence-electron chi connectivity index (χ1n) is 11.6. The van der Waals surface area contributed by atoms with Gasteiger partial charge in [-0.05, 0) is 75.3 Å². The molecule has 1 atom stereocenters. The number of halogens is 3. The van der Waals surface area contributed by atoms with E-state index in [1.165, 1.54) is 24.3 Å². The van der Waals surface area contributed by atoms with Crippen LogP contribution in [0.5, 0.6) is 0 Å². The summed E-state index contributed by atoms with van der Waals surface area (Å²) in [5.41, 5.74) is -2.39. The highest BCUT2D eigenvalue weighted by atomic mass is 19.4. The highest BCUT2D eigenvalue weighted by Crippen LogP contribution is 2.45. The van der Waals surface area contributed by atoms with Gasteiger partial charge in [0.05, 0.1) is 6.07 Å². The van der Waals surface area contributed by atoms with Crippen molar-refractivity contribution >= 4 is 5.91 Å². The number of benzene rings is 1. The molecule has 180 valence electrons. The summed E-state index contributed by atoms with van der Waals surface area (Å²) in [7, 11) is 0. The molecule has 0 unspecified atom stereocenters. The number of aromatic nitrogens is 1. The maximum absolute atomic E-state index is 13.4. The van der Waals surface area contributed by atoms with Crippen LogP contribution in [0.4, 0.5) is 13.2 Å². The molecule has 1 N–H and O–H groups in total. The van der Waals surface area contributed by atoms with E-state index in [9.17, 15) is 28.3 Å². The van der Waals surface area contributed by atoms with E-state index in [2.05, 4.69) is 11.1 Å². The number of hydrogen-bond acceptors (Lipinski definition) is 4. The summed E-state index contributed by atoms with van der Waals surface area (Å²) < 4.78 is 39.5. The SMILES string of the molecule is C[C@](O)(c1ccc(C(=O)N(C2CC2)[C@H]2CC[C@@](CC#N)(c3ccccn3)CC2)cc1)C(F)(F)F. The lowest BCUT2D eigenvalue weighted by molar-refractivity contribution is -0.258. The third-order valence-corrected chi connectivity index (χ3v) is 7.35. The fraction of sp³-hybridized carbons (Fsp3) is 0.500. The topological polar surface area (TPSA) is 77.2 Å². The number of hydrogen-bond donors (Lipinski definition) is 1. The number of nitriles is 1. The van der Waals surface area contributed by atoms with E-state index in [0.717, 1.165) is 44.2 Å². The summed E-state index contributed by atoms with van der Waals surface area (Å²) in [6, 6.07) is 13.3. The van der Waals surface area contributed by atoms with Gasteiger partial charge in [0, 0.05) is 41.4 Å². The summed E-state index contributed by atoms with van der Waals surface area (Å²) in [5.74, 6) is -0.198. The maximum atomic E-state index is 13.4. The summed E-state index contributed by atoms with van der Waals surface area (Å²) in [6.45, 7) is 0.706. The lowest BCUT2D eigenvalue weighted by Gasteiger charge is -2.42. The molecule has 0 aliphatic heterocycles. The van der Waals surface area contributed by atoms with Gasteiger partial charge in [-0.1, -0.05) is 18.2 Å². The zero-order chi connectivity index (χ0) is 24.6. The molecule has 2 aliphatic carbocycles. The number of carbonyl (C=O) groups is 1. The van der Waals surface area contributed by atoms with E-state index in [1.54, 1.807) is 6.20 Å². The van der Waals surface area contributed by atoms with E-state index in [4.69, 9.17) is 0 Å². The highest BCUT2D eigenvalue weighted by molar-refractivity contribution is 5.95. The molecular weight excluding hydrogens is 443 g/mol. The average molecular weight is 472 g/mol. The average Bonchev–Trinajstić information content (AvgIpc) is 3.65.